The zero-order chi connectivity index (χ0) is 11.0. The molecule has 2 aliphatic rings. The van der Waals surface area contributed by atoms with Gasteiger partial charge in [0.1, 0.15) is 5.75 Å². The van der Waals surface area contributed by atoms with Crippen molar-refractivity contribution in [1.82, 2.24) is 0 Å². The molecule has 16 heavy (non-hydrogen) atoms. The minimum Gasteiger partial charge on any atom is -0.508 e. The average Bonchev–Trinajstić information content (AvgIpc) is 2.73. The van der Waals surface area contributed by atoms with E-state index in [4.69, 9.17) is 0 Å². The number of benzene rings is 1. The second kappa shape index (κ2) is 4.00. The molecule has 1 aliphatic carbocycles. The zero-order valence-corrected chi connectivity index (χ0v) is 9.58. The lowest BCUT2D eigenvalue weighted by molar-refractivity contribution is 0.321. The number of fused-ring (bicyclic) bond motifs is 1. The Morgan fingerprint density at radius 3 is 2.75 bits per heavy atom. The summed E-state index contributed by atoms with van der Waals surface area (Å²) in [6, 6.07) is 6.30. The van der Waals surface area contributed by atoms with Gasteiger partial charge in [0.05, 0.1) is 0 Å². The first kappa shape index (κ1) is 10.0. The number of nitrogens with one attached hydrogen (secondary N) is 1. The van der Waals surface area contributed by atoms with Crippen molar-refractivity contribution in [2.75, 3.05) is 5.32 Å². The first-order valence-corrected chi connectivity index (χ1v) is 6.41. The maximum absolute atomic E-state index is 9.47. The Bertz CT molecular complexity index is 382. The molecule has 0 bridgehead atoms. The first-order chi connectivity index (χ1) is 7.83. The summed E-state index contributed by atoms with van der Waals surface area (Å²) in [7, 11) is 0. The van der Waals surface area contributed by atoms with Gasteiger partial charge in [-0.1, -0.05) is 19.3 Å². The molecule has 1 fully saturated rings. The van der Waals surface area contributed by atoms with E-state index < -0.39 is 0 Å². The number of hydrogen-bond acceptors (Lipinski definition) is 2. The fourth-order valence-electron chi connectivity index (χ4n) is 3.20. The minimum atomic E-state index is 0.393. The van der Waals surface area contributed by atoms with Gasteiger partial charge in [-0.3, -0.25) is 0 Å². The maximum Gasteiger partial charge on any atom is 0.116 e. The Hall–Kier alpha value is -1.18. The number of phenols is 1. The quantitative estimate of drug-likeness (QED) is 0.707. The molecule has 0 amide bonds. The highest BCUT2D eigenvalue weighted by Crippen LogP contribution is 2.36. The molecule has 1 aliphatic heterocycles. The van der Waals surface area contributed by atoms with Gasteiger partial charge in [0, 0.05) is 11.7 Å². The highest BCUT2D eigenvalue weighted by molar-refractivity contribution is 5.59. The van der Waals surface area contributed by atoms with Gasteiger partial charge in [0.2, 0.25) is 0 Å². The van der Waals surface area contributed by atoms with Crippen LogP contribution in [0.15, 0.2) is 18.2 Å². The molecule has 2 N–H and O–H groups in total. The zero-order valence-electron chi connectivity index (χ0n) is 9.58. The van der Waals surface area contributed by atoms with Crippen molar-refractivity contribution in [2.24, 2.45) is 5.92 Å². The van der Waals surface area contributed by atoms with Crippen molar-refractivity contribution >= 4 is 5.69 Å². The van der Waals surface area contributed by atoms with Gasteiger partial charge < -0.3 is 10.4 Å². The molecule has 2 heteroatoms. The number of anilines is 1. The molecular formula is C14H19NO. The summed E-state index contributed by atoms with van der Waals surface area (Å²) < 4.78 is 0. The third-order valence-electron chi connectivity index (χ3n) is 4.09. The Kier molecular flexibility index (Phi) is 2.50. The van der Waals surface area contributed by atoms with E-state index in [1.165, 1.54) is 43.4 Å². The molecule has 0 aromatic heterocycles. The molecule has 0 radical (unpaired) electrons. The molecule has 1 heterocycles. The molecule has 2 nitrogen and oxygen atoms in total. The van der Waals surface area contributed by atoms with Crippen molar-refractivity contribution in [1.29, 1.82) is 0 Å². The molecule has 86 valence electrons. The molecule has 3 rings (SSSR count). The van der Waals surface area contributed by atoms with Crippen LogP contribution >= 0.6 is 0 Å². The normalized spacial score (nSPS) is 25.1. The van der Waals surface area contributed by atoms with Crippen LogP contribution in [0.5, 0.6) is 5.75 Å². The van der Waals surface area contributed by atoms with Crippen molar-refractivity contribution in [3.05, 3.63) is 23.8 Å². The number of aromatic hydroxyl groups is 1. The monoisotopic (exact) mass is 217 g/mol. The third kappa shape index (κ3) is 1.77. The fraction of sp³-hybridized carbons (Fsp3) is 0.571. The van der Waals surface area contributed by atoms with Crippen molar-refractivity contribution < 1.29 is 5.11 Å². The van der Waals surface area contributed by atoms with E-state index in [0.29, 0.717) is 11.8 Å². The number of phenolic OH excluding ortho intramolecular Hbond substituents is 1. The summed E-state index contributed by atoms with van der Waals surface area (Å²) in [6.07, 6.45) is 8.04. The van der Waals surface area contributed by atoms with Gasteiger partial charge in [-0.05, 0) is 48.9 Å². The smallest absolute Gasteiger partial charge is 0.116 e. The molecule has 1 aromatic carbocycles. The van der Waals surface area contributed by atoms with E-state index in [9.17, 15) is 5.11 Å². The lowest BCUT2D eigenvalue weighted by Gasteiger charge is -2.27. The minimum absolute atomic E-state index is 0.393. The molecule has 1 atom stereocenters. The predicted octanol–water partition coefficient (Wildman–Crippen LogP) is 3.31. The molecule has 1 unspecified atom stereocenters. The Labute approximate surface area is 96.7 Å². The van der Waals surface area contributed by atoms with Crippen molar-refractivity contribution in [3.63, 3.8) is 0 Å². The van der Waals surface area contributed by atoms with Crippen LogP contribution in [0.3, 0.4) is 0 Å². The lowest BCUT2D eigenvalue weighted by Crippen LogP contribution is -2.28. The summed E-state index contributed by atoms with van der Waals surface area (Å²) in [5.41, 5.74) is 2.52. The van der Waals surface area contributed by atoms with Gasteiger partial charge in [0.25, 0.3) is 0 Å². The summed E-state index contributed by atoms with van der Waals surface area (Å²) in [5, 5.41) is 13.1. The number of rotatable bonds is 1. The van der Waals surface area contributed by atoms with Crippen LogP contribution in [0.25, 0.3) is 0 Å². The van der Waals surface area contributed by atoms with Crippen LogP contribution < -0.4 is 5.32 Å². The van der Waals surface area contributed by atoms with Crippen molar-refractivity contribution in [3.8, 4) is 5.75 Å². The van der Waals surface area contributed by atoms with Crippen LogP contribution in [0, 0.1) is 5.92 Å². The van der Waals surface area contributed by atoms with E-state index in [1.807, 2.05) is 12.1 Å². The lowest BCUT2D eigenvalue weighted by atomic mass is 9.83. The van der Waals surface area contributed by atoms with Crippen LogP contribution in [0.4, 0.5) is 5.69 Å². The first-order valence-electron chi connectivity index (χ1n) is 6.41. The predicted molar refractivity (Wildman–Crippen MR) is 65.8 cm³/mol. The van der Waals surface area contributed by atoms with E-state index in [-0.39, 0.29) is 0 Å². The Morgan fingerprint density at radius 1 is 1.12 bits per heavy atom. The van der Waals surface area contributed by atoms with Gasteiger partial charge in [0.15, 0.2) is 0 Å². The maximum atomic E-state index is 9.47. The SMILES string of the molecule is Oc1ccc2c(c1)CC(C1CCCCC1)N2. The van der Waals surface area contributed by atoms with Gasteiger partial charge in [-0.25, -0.2) is 0 Å². The van der Waals surface area contributed by atoms with E-state index in [1.54, 1.807) is 6.07 Å². The summed E-state index contributed by atoms with van der Waals surface area (Å²) >= 11 is 0. The topological polar surface area (TPSA) is 32.3 Å². The standard InChI is InChI=1S/C14H19NO/c16-12-6-7-13-11(8-12)9-14(15-13)10-4-2-1-3-5-10/h6-8,10,14-16H,1-5,9H2. The largest absolute Gasteiger partial charge is 0.508 e. The summed E-state index contributed by atoms with van der Waals surface area (Å²) in [6.45, 7) is 0. The Morgan fingerprint density at radius 2 is 1.94 bits per heavy atom. The van der Waals surface area contributed by atoms with Gasteiger partial charge >= 0.3 is 0 Å². The van der Waals surface area contributed by atoms with Crippen molar-refractivity contribution in [2.45, 2.75) is 44.6 Å². The molecular weight excluding hydrogens is 198 g/mol. The van der Waals surface area contributed by atoms with E-state index >= 15 is 0 Å². The summed E-state index contributed by atoms with van der Waals surface area (Å²) in [4.78, 5) is 0. The molecule has 0 spiro atoms. The van der Waals surface area contributed by atoms with Crippen LogP contribution in [0.2, 0.25) is 0 Å². The molecule has 0 saturated heterocycles. The third-order valence-corrected chi connectivity index (χ3v) is 4.09. The van der Waals surface area contributed by atoms with Crippen LogP contribution in [0.1, 0.15) is 37.7 Å². The highest BCUT2D eigenvalue weighted by atomic mass is 16.3. The van der Waals surface area contributed by atoms with E-state index in [2.05, 4.69) is 5.32 Å². The van der Waals surface area contributed by atoms with Gasteiger partial charge in [-0.15, -0.1) is 0 Å². The molecule has 1 saturated carbocycles. The Balaban J connectivity index is 1.74. The van der Waals surface area contributed by atoms with Crippen LogP contribution in [-0.4, -0.2) is 11.1 Å². The van der Waals surface area contributed by atoms with Crippen LogP contribution in [-0.2, 0) is 6.42 Å². The number of hydrogen-bond donors (Lipinski definition) is 2. The molecule has 1 aromatic rings. The summed E-state index contributed by atoms with van der Waals surface area (Å²) in [5.74, 6) is 1.23. The average molecular weight is 217 g/mol. The second-order valence-electron chi connectivity index (χ2n) is 5.19. The van der Waals surface area contributed by atoms with E-state index in [0.717, 1.165) is 12.3 Å². The second-order valence-corrected chi connectivity index (χ2v) is 5.19. The highest BCUT2D eigenvalue weighted by Gasteiger charge is 2.29. The fourth-order valence-corrected chi connectivity index (χ4v) is 3.20. The van der Waals surface area contributed by atoms with Gasteiger partial charge in [-0.2, -0.15) is 0 Å².